The van der Waals surface area contributed by atoms with Crippen LogP contribution in [-0.2, 0) is 10.2 Å². The summed E-state index contributed by atoms with van der Waals surface area (Å²) in [6, 6.07) is 21.6. The molecule has 0 unspecified atom stereocenters. The van der Waals surface area contributed by atoms with Crippen LogP contribution < -0.4 is 0 Å². The largest absolute Gasteiger partial charge is 0.384 e. The first-order valence-corrected chi connectivity index (χ1v) is 6.48. The Morgan fingerprint density at radius 1 is 0.944 bits per heavy atom. The van der Waals surface area contributed by atoms with Crippen molar-refractivity contribution in [2.24, 2.45) is 5.92 Å². The molecular weight excluding hydrogens is 220 g/mol. The molecule has 0 heterocycles. The minimum atomic E-state index is 0.179. The fourth-order valence-electron chi connectivity index (χ4n) is 3.08. The van der Waals surface area contributed by atoms with E-state index < -0.39 is 0 Å². The molecule has 0 aliphatic heterocycles. The second-order valence-electron chi connectivity index (χ2n) is 5.06. The maximum absolute atomic E-state index is 5.36. The van der Waals surface area contributed by atoms with Gasteiger partial charge in [0.1, 0.15) is 0 Å². The lowest BCUT2D eigenvalue weighted by molar-refractivity contribution is 0.180. The van der Waals surface area contributed by atoms with Crippen LogP contribution in [0.1, 0.15) is 17.5 Å². The summed E-state index contributed by atoms with van der Waals surface area (Å²) in [5, 5.41) is 0. The molecule has 2 aromatic carbocycles. The molecule has 1 aliphatic rings. The van der Waals surface area contributed by atoms with Gasteiger partial charge in [0.05, 0.1) is 6.61 Å². The van der Waals surface area contributed by atoms with E-state index in [1.165, 1.54) is 17.5 Å². The van der Waals surface area contributed by atoms with Crippen molar-refractivity contribution in [3.63, 3.8) is 0 Å². The molecule has 2 aromatic rings. The Balaban J connectivity index is 2.02. The number of ether oxygens (including phenoxy) is 1. The molecule has 1 heteroatoms. The first-order chi connectivity index (χ1) is 8.88. The van der Waals surface area contributed by atoms with Crippen LogP contribution in [0.5, 0.6) is 0 Å². The van der Waals surface area contributed by atoms with Crippen LogP contribution >= 0.6 is 0 Å². The molecule has 0 spiro atoms. The fraction of sp³-hybridized carbons (Fsp3) is 0.294. The fourth-order valence-corrected chi connectivity index (χ4v) is 3.08. The second-order valence-corrected chi connectivity index (χ2v) is 5.06. The number of hydrogen-bond acceptors (Lipinski definition) is 1. The molecule has 1 saturated carbocycles. The summed E-state index contributed by atoms with van der Waals surface area (Å²) in [5.74, 6) is 0.604. The highest BCUT2D eigenvalue weighted by Gasteiger charge is 2.55. The van der Waals surface area contributed by atoms with Gasteiger partial charge >= 0.3 is 0 Å². The summed E-state index contributed by atoms with van der Waals surface area (Å²) in [7, 11) is 1.79. The van der Waals surface area contributed by atoms with E-state index in [4.69, 9.17) is 4.74 Å². The smallest absolute Gasteiger partial charge is 0.0502 e. The molecule has 0 saturated heterocycles. The van der Waals surface area contributed by atoms with Gasteiger partial charge in [-0.25, -0.2) is 0 Å². The third kappa shape index (κ3) is 1.75. The molecule has 18 heavy (non-hydrogen) atoms. The molecule has 3 rings (SSSR count). The van der Waals surface area contributed by atoms with E-state index in [9.17, 15) is 0 Å². The Kier molecular flexibility index (Phi) is 2.92. The van der Waals surface area contributed by atoms with E-state index in [2.05, 4.69) is 60.7 Å². The van der Waals surface area contributed by atoms with Gasteiger partial charge in [0.25, 0.3) is 0 Å². The zero-order valence-electron chi connectivity index (χ0n) is 10.7. The van der Waals surface area contributed by atoms with Crippen LogP contribution in [0.3, 0.4) is 0 Å². The monoisotopic (exact) mass is 238 g/mol. The van der Waals surface area contributed by atoms with Gasteiger partial charge < -0.3 is 4.74 Å². The van der Waals surface area contributed by atoms with E-state index in [1.54, 1.807) is 7.11 Å². The van der Waals surface area contributed by atoms with Gasteiger partial charge in [-0.2, -0.15) is 0 Å². The molecule has 92 valence electrons. The molecule has 1 nitrogen and oxygen atoms in total. The van der Waals surface area contributed by atoms with E-state index in [1.807, 2.05) is 0 Å². The van der Waals surface area contributed by atoms with Crippen LogP contribution in [0.2, 0.25) is 0 Å². The maximum Gasteiger partial charge on any atom is 0.0502 e. The first kappa shape index (κ1) is 11.5. The molecule has 0 radical (unpaired) electrons. The van der Waals surface area contributed by atoms with E-state index in [-0.39, 0.29) is 5.41 Å². The lowest BCUT2D eigenvalue weighted by atomic mass is 9.86. The lowest BCUT2D eigenvalue weighted by Gasteiger charge is -2.18. The highest BCUT2D eigenvalue weighted by Crippen LogP contribution is 2.58. The summed E-state index contributed by atoms with van der Waals surface area (Å²) < 4.78 is 5.36. The third-order valence-electron chi connectivity index (χ3n) is 4.05. The Hall–Kier alpha value is -1.60. The van der Waals surface area contributed by atoms with Gasteiger partial charge in [-0.15, -0.1) is 0 Å². The maximum atomic E-state index is 5.36. The summed E-state index contributed by atoms with van der Waals surface area (Å²) in [4.78, 5) is 0. The number of hydrogen-bond donors (Lipinski definition) is 0. The van der Waals surface area contributed by atoms with Gasteiger partial charge in [-0.05, 0) is 23.5 Å². The van der Waals surface area contributed by atoms with Crippen LogP contribution in [0.4, 0.5) is 0 Å². The van der Waals surface area contributed by atoms with Crippen molar-refractivity contribution in [2.45, 2.75) is 11.8 Å². The van der Waals surface area contributed by atoms with E-state index >= 15 is 0 Å². The number of rotatable bonds is 4. The molecule has 0 amide bonds. The highest BCUT2D eigenvalue weighted by molar-refractivity contribution is 5.46. The minimum Gasteiger partial charge on any atom is -0.384 e. The Bertz CT molecular complexity index is 464. The van der Waals surface area contributed by atoms with Crippen molar-refractivity contribution in [3.05, 3.63) is 71.8 Å². The number of methoxy groups -OCH3 is 1. The number of benzene rings is 2. The van der Waals surface area contributed by atoms with Gasteiger partial charge in [-0.3, -0.25) is 0 Å². The van der Waals surface area contributed by atoms with Crippen molar-refractivity contribution in [1.82, 2.24) is 0 Å². The summed E-state index contributed by atoms with van der Waals surface area (Å²) in [6.45, 7) is 0.837. The normalized spacial score (nSPS) is 20.6. The van der Waals surface area contributed by atoms with E-state index in [0.29, 0.717) is 5.92 Å². The zero-order chi connectivity index (χ0) is 12.4. The molecular formula is C17H18O. The molecule has 0 bridgehead atoms. The van der Waals surface area contributed by atoms with Crippen molar-refractivity contribution >= 4 is 0 Å². The molecule has 0 aromatic heterocycles. The van der Waals surface area contributed by atoms with Crippen LogP contribution in [0, 0.1) is 5.92 Å². The summed E-state index contributed by atoms with van der Waals surface area (Å²) in [5.41, 5.74) is 3.01. The van der Waals surface area contributed by atoms with Crippen LogP contribution in [-0.4, -0.2) is 13.7 Å². The average molecular weight is 238 g/mol. The SMILES string of the molecule is COC[C@@H]1CC1(c1ccccc1)c1ccccc1. The van der Waals surface area contributed by atoms with E-state index in [0.717, 1.165) is 6.61 Å². The Morgan fingerprint density at radius 2 is 1.44 bits per heavy atom. The lowest BCUT2D eigenvalue weighted by Crippen LogP contribution is -2.14. The topological polar surface area (TPSA) is 9.23 Å². The average Bonchev–Trinajstić information content (AvgIpc) is 3.17. The Morgan fingerprint density at radius 3 is 1.89 bits per heavy atom. The molecule has 1 aliphatic carbocycles. The zero-order valence-corrected chi connectivity index (χ0v) is 10.7. The molecule has 1 atom stereocenters. The van der Waals surface area contributed by atoms with Crippen molar-refractivity contribution in [3.8, 4) is 0 Å². The second kappa shape index (κ2) is 4.58. The predicted octanol–water partition coefficient (Wildman–Crippen LogP) is 3.64. The van der Waals surface area contributed by atoms with Gasteiger partial charge in [0.2, 0.25) is 0 Å². The molecule has 0 N–H and O–H groups in total. The van der Waals surface area contributed by atoms with Crippen molar-refractivity contribution in [2.75, 3.05) is 13.7 Å². The first-order valence-electron chi connectivity index (χ1n) is 6.48. The van der Waals surface area contributed by atoms with Crippen molar-refractivity contribution in [1.29, 1.82) is 0 Å². The Labute approximate surface area is 108 Å². The van der Waals surface area contributed by atoms with Gasteiger partial charge in [0, 0.05) is 12.5 Å². The van der Waals surface area contributed by atoms with Crippen LogP contribution in [0.15, 0.2) is 60.7 Å². The molecule has 1 fully saturated rings. The van der Waals surface area contributed by atoms with Gasteiger partial charge in [0.15, 0.2) is 0 Å². The predicted molar refractivity (Wildman–Crippen MR) is 73.6 cm³/mol. The van der Waals surface area contributed by atoms with Crippen molar-refractivity contribution < 1.29 is 4.74 Å². The summed E-state index contributed by atoms with van der Waals surface area (Å²) in [6.07, 6.45) is 1.19. The summed E-state index contributed by atoms with van der Waals surface area (Å²) >= 11 is 0. The highest BCUT2D eigenvalue weighted by atomic mass is 16.5. The van der Waals surface area contributed by atoms with Gasteiger partial charge in [-0.1, -0.05) is 60.7 Å². The van der Waals surface area contributed by atoms with Crippen LogP contribution in [0.25, 0.3) is 0 Å². The third-order valence-corrected chi connectivity index (χ3v) is 4.05. The quantitative estimate of drug-likeness (QED) is 0.790. The minimum absolute atomic E-state index is 0.179. The standard InChI is InChI=1S/C17H18O/c1-18-13-16-12-17(16,14-8-4-2-5-9-14)15-10-6-3-7-11-15/h2-11,16H,12-13H2,1H3/t16-/m0/s1.